The zero-order valence-electron chi connectivity index (χ0n) is 15.0. The van der Waals surface area contributed by atoms with E-state index in [1.165, 1.54) is 10.4 Å². The van der Waals surface area contributed by atoms with E-state index in [-0.39, 0.29) is 5.91 Å². The molecule has 0 fully saturated rings. The molecule has 0 saturated carbocycles. The van der Waals surface area contributed by atoms with E-state index in [4.69, 9.17) is 0 Å². The average molecular weight is 367 g/mol. The van der Waals surface area contributed by atoms with Crippen molar-refractivity contribution in [2.45, 2.75) is 32.9 Å². The predicted octanol–water partition coefficient (Wildman–Crippen LogP) is 3.02. The number of thiophene rings is 1. The molecule has 26 heavy (non-hydrogen) atoms. The lowest BCUT2D eigenvalue weighted by atomic mass is 10.0. The fraction of sp³-hybridized carbons (Fsp3) is 0.368. The highest BCUT2D eigenvalue weighted by atomic mass is 32.1. The van der Waals surface area contributed by atoms with Crippen LogP contribution in [0.4, 0.5) is 5.82 Å². The SMILES string of the molecule is CCC(=O)N1CCc2c(sc3ncnc(N(C)Cc4cccnc4)c23)C1. The third-order valence-electron chi connectivity index (χ3n) is 4.78. The Balaban J connectivity index is 1.69. The van der Waals surface area contributed by atoms with Crippen LogP contribution in [0, 0.1) is 0 Å². The number of aromatic nitrogens is 3. The summed E-state index contributed by atoms with van der Waals surface area (Å²) < 4.78 is 0. The van der Waals surface area contributed by atoms with Gasteiger partial charge in [0.25, 0.3) is 0 Å². The maximum Gasteiger partial charge on any atom is 0.222 e. The quantitative estimate of drug-likeness (QED) is 0.709. The highest BCUT2D eigenvalue weighted by molar-refractivity contribution is 7.19. The van der Waals surface area contributed by atoms with Crippen molar-refractivity contribution in [3.05, 3.63) is 46.9 Å². The molecule has 1 aliphatic rings. The van der Waals surface area contributed by atoms with Crippen LogP contribution in [0.3, 0.4) is 0 Å². The minimum absolute atomic E-state index is 0.216. The van der Waals surface area contributed by atoms with Gasteiger partial charge in [0.15, 0.2) is 0 Å². The van der Waals surface area contributed by atoms with E-state index in [0.29, 0.717) is 13.0 Å². The fourth-order valence-electron chi connectivity index (χ4n) is 3.48. The fourth-order valence-corrected chi connectivity index (χ4v) is 4.67. The van der Waals surface area contributed by atoms with E-state index in [9.17, 15) is 4.79 Å². The number of carbonyl (C=O) groups excluding carboxylic acids is 1. The van der Waals surface area contributed by atoms with Gasteiger partial charge in [0.05, 0.1) is 11.9 Å². The molecule has 0 spiro atoms. The van der Waals surface area contributed by atoms with E-state index >= 15 is 0 Å². The van der Waals surface area contributed by atoms with Crippen molar-refractivity contribution in [3.63, 3.8) is 0 Å². The first-order valence-electron chi connectivity index (χ1n) is 8.80. The number of fused-ring (bicyclic) bond motifs is 3. The number of pyridine rings is 1. The van der Waals surface area contributed by atoms with E-state index < -0.39 is 0 Å². The summed E-state index contributed by atoms with van der Waals surface area (Å²) >= 11 is 1.69. The molecule has 7 heteroatoms. The second kappa shape index (κ2) is 6.99. The van der Waals surface area contributed by atoms with Gasteiger partial charge in [-0.25, -0.2) is 9.97 Å². The second-order valence-corrected chi connectivity index (χ2v) is 7.60. The maximum absolute atomic E-state index is 12.1. The molecular formula is C19H21N5OS. The summed E-state index contributed by atoms with van der Waals surface area (Å²) in [6.07, 6.45) is 6.72. The number of hydrogen-bond donors (Lipinski definition) is 0. The lowest BCUT2D eigenvalue weighted by Gasteiger charge is -2.27. The Kier molecular flexibility index (Phi) is 4.55. The maximum atomic E-state index is 12.1. The number of nitrogens with zero attached hydrogens (tertiary/aromatic N) is 5. The molecule has 4 heterocycles. The summed E-state index contributed by atoms with van der Waals surface area (Å²) in [7, 11) is 2.05. The average Bonchev–Trinajstić information content (AvgIpc) is 3.05. The molecule has 0 saturated heterocycles. The number of hydrogen-bond acceptors (Lipinski definition) is 6. The number of amides is 1. The van der Waals surface area contributed by atoms with Gasteiger partial charge in [-0.05, 0) is 23.6 Å². The lowest BCUT2D eigenvalue weighted by molar-refractivity contribution is -0.131. The number of carbonyl (C=O) groups is 1. The first-order valence-corrected chi connectivity index (χ1v) is 9.62. The molecule has 0 N–H and O–H groups in total. The van der Waals surface area contributed by atoms with Gasteiger partial charge in [-0.1, -0.05) is 13.0 Å². The Morgan fingerprint density at radius 3 is 3.04 bits per heavy atom. The minimum atomic E-state index is 0.216. The Morgan fingerprint density at radius 2 is 2.27 bits per heavy atom. The summed E-state index contributed by atoms with van der Waals surface area (Å²) in [5.74, 6) is 1.17. The summed E-state index contributed by atoms with van der Waals surface area (Å²) in [4.78, 5) is 31.7. The third kappa shape index (κ3) is 3.03. The molecule has 4 rings (SSSR count). The van der Waals surface area contributed by atoms with Crippen LogP contribution in [-0.4, -0.2) is 39.4 Å². The van der Waals surface area contributed by atoms with Crippen LogP contribution < -0.4 is 4.90 Å². The first-order chi connectivity index (χ1) is 12.7. The molecule has 0 unspecified atom stereocenters. The molecule has 1 amide bonds. The van der Waals surface area contributed by atoms with Gasteiger partial charge < -0.3 is 9.80 Å². The summed E-state index contributed by atoms with van der Waals surface area (Å²) in [5, 5.41) is 1.14. The van der Waals surface area contributed by atoms with E-state index in [1.54, 1.807) is 23.9 Å². The van der Waals surface area contributed by atoms with Gasteiger partial charge in [0.1, 0.15) is 17.0 Å². The van der Waals surface area contributed by atoms with Crippen molar-refractivity contribution < 1.29 is 4.79 Å². The highest BCUT2D eigenvalue weighted by Gasteiger charge is 2.26. The Morgan fingerprint density at radius 1 is 1.38 bits per heavy atom. The lowest BCUT2D eigenvalue weighted by Crippen LogP contribution is -2.34. The van der Waals surface area contributed by atoms with Gasteiger partial charge in [-0.3, -0.25) is 9.78 Å². The zero-order chi connectivity index (χ0) is 18.1. The highest BCUT2D eigenvalue weighted by Crippen LogP contribution is 2.38. The van der Waals surface area contributed by atoms with Gasteiger partial charge in [0, 0.05) is 43.8 Å². The van der Waals surface area contributed by atoms with Crippen molar-refractivity contribution in [1.82, 2.24) is 19.9 Å². The molecular weight excluding hydrogens is 346 g/mol. The monoisotopic (exact) mass is 367 g/mol. The van der Waals surface area contributed by atoms with Crippen molar-refractivity contribution in [2.24, 2.45) is 0 Å². The standard InChI is InChI=1S/C19H21N5OS/c1-3-16(25)24-8-6-14-15(11-24)26-19-17(14)18(21-12-22-19)23(2)10-13-5-4-7-20-9-13/h4-5,7,9,12H,3,6,8,10-11H2,1-2H3. The molecule has 0 radical (unpaired) electrons. The summed E-state index contributed by atoms with van der Waals surface area (Å²) in [6.45, 7) is 4.12. The molecule has 3 aromatic heterocycles. The Bertz CT molecular complexity index is 940. The van der Waals surface area contributed by atoms with Crippen LogP contribution in [0.15, 0.2) is 30.9 Å². The molecule has 0 aromatic carbocycles. The van der Waals surface area contributed by atoms with E-state index in [0.717, 1.165) is 41.1 Å². The Hall–Kier alpha value is -2.54. The topological polar surface area (TPSA) is 62.2 Å². The number of rotatable bonds is 4. The zero-order valence-corrected chi connectivity index (χ0v) is 15.8. The second-order valence-electron chi connectivity index (χ2n) is 6.52. The van der Waals surface area contributed by atoms with Gasteiger partial charge >= 0.3 is 0 Å². The van der Waals surface area contributed by atoms with Crippen molar-refractivity contribution in [3.8, 4) is 0 Å². The summed E-state index contributed by atoms with van der Waals surface area (Å²) in [6, 6.07) is 4.02. The molecule has 1 aliphatic heterocycles. The summed E-state index contributed by atoms with van der Waals surface area (Å²) in [5.41, 5.74) is 2.45. The first kappa shape index (κ1) is 16.9. The predicted molar refractivity (Wildman–Crippen MR) is 103 cm³/mol. The van der Waals surface area contributed by atoms with Crippen LogP contribution in [0.25, 0.3) is 10.2 Å². The molecule has 3 aromatic rings. The van der Waals surface area contributed by atoms with E-state index in [1.807, 2.05) is 24.1 Å². The van der Waals surface area contributed by atoms with E-state index in [2.05, 4.69) is 33.0 Å². The molecule has 0 atom stereocenters. The van der Waals surface area contributed by atoms with Crippen LogP contribution in [0.1, 0.15) is 29.3 Å². The smallest absolute Gasteiger partial charge is 0.222 e. The van der Waals surface area contributed by atoms with Crippen LogP contribution in [0.2, 0.25) is 0 Å². The van der Waals surface area contributed by atoms with Gasteiger partial charge in [0.2, 0.25) is 5.91 Å². The molecule has 0 bridgehead atoms. The van der Waals surface area contributed by atoms with Crippen LogP contribution in [-0.2, 0) is 24.3 Å². The van der Waals surface area contributed by atoms with Crippen molar-refractivity contribution in [2.75, 3.05) is 18.5 Å². The molecule has 6 nitrogen and oxygen atoms in total. The Labute approximate surface area is 156 Å². The largest absolute Gasteiger partial charge is 0.355 e. The van der Waals surface area contributed by atoms with Crippen LogP contribution in [0.5, 0.6) is 0 Å². The van der Waals surface area contributed by atoms with Crippen molar-refractivity contribution in [1.29, 1.82) is 0 Å². The number of anilines is 1. The van der Waals surface area contributed by atoms with Crippen LogP contribution >= 0.6 is 11.3 Å². The van der Waals surface area contributed by atoms with Crippen molar-refractivity contribution >= 4 is 33.3 Å². The van der Waals surface area contributed by atoms with Gasteiger partial charge in [-0.15, -0.1) is 11.3 Å². The molecule has 134 valence electrons. The molecule has 0 aliphatic carbocycles. The van der Waals surface area contributed by atoms with Gasteiger partial charge in [-0.2, -0.15) is 0 Å². The normalized spacial score (nSPS) is 13.7. The third-order valence-corrected chi connectivity index (χ3v) is 5.90. The minimum Gasteiger partial charge on any atom is -0.355 e.